The van der Waals surface area contributed by atoms with Gasteiger partial charge >= 0.3 is 13.6 Å². The molecule has 12 heteroatoms. The summed E-state index contributed by atoms with van der Waals surface area (Å²) in [6, 6.07) is 32.7. The second kappa shape index (κ2) is 14.0. The second-order valence-corrected chi connectivity index (χ2v) is 13.2. The number of aromatic nitrogens is 3. The van der Waals surface area contributed by atoms with E-state index in [4.69, 9.17) is 18.9 Å². The number of hydrogen-bond donors (Lipinski definition) is 1. The third-order valence-electron chi connectivity index (χ3n) is 6.96. The topological polar surface area (TPSA) is 105 Å². The van der Waals surface area contributed by atoms with Gasteiger partial charge < -0.3 is 19.1 Å². The summed E-state index contributed by atoms with van der Waals surface area (Å²) >= 11 is 1.06. The summed E-state index contributed by atoms with van der Waals surface area (Å²) < 4.78 is 49.0. The zero-order chi connectivity index (χ0) is 32.8. The van der Waals surface area contributed by atoms with Gasteiger partial charge in [-0.15, -0.1) is 0 Å². The summed E-state index contributed by atoms with van der Waals surface area (Å²) in [7, 11) is -4.33. The Balaban J connectivity index is 1.57. The molecule has 238 valence electrons. The molecule has 0 aliphatic heterocycles. The highest BCUT2D eigenvalue weighted by Gasteiger charge is 2.44. The molecule has 2 heterocycles. The van der Waals surface area contributed by atoms with Crippen LogP contribution in [0.5, 0.6) is 11.5 Å². The molecular formula is C35H30FN4O5PS. The number of esters is 1. The van der Waals surface area contributed by atoms with Crippen molar-refractivity contribution in [3.63, 3.8) is 0 Å². The van der Waals surface area contributed by atoms with Crippen LogP contribution < -0.4 is 14.4 Å². The molecule has 1 unspecified atom stereocenters. The first-order valence-electron chi connectivity index (χ1n) is 14.7. The number of para-hydroxylation sites is 3. The van der Waals surface area contributed by atoms with Gasteiger partial charge in [0.05, 0.1) is 23.7 Å². The molecule has 6 rings (SSSR count). The second-order valence-electron chi connectivity index (χ2n) is 10.3. The molecular weight excluding hydrogens is 638 g/mol. The van der Waals surface area contributed by atoms with Gasteiger partial charge in [0.15, 0.2) is 10.9 Å². The first kappa shape index (κ1) is 31.7. The van der Waals surface area contributed by atoms with Crippen LogP contribution in [0, 0.1) is 12.7 Å². The minimum atomic E-state index is -4.33. The van der Waals surface area contributed by atoms with Crippen molar-refractivity contribution in [2.45, 2.75) is 19.6 Å². The average molecular weight is 669 g/mol. The highest BCUT2D eigenvalue weighted by atomic mass is 32.1. The number of ether oxygens (including phenoxy) is 1. The summed E-state index contributed by atoms with van der Waals surface area (Å²) in [6.45, 7) is 3.62. The van der Waals surface area contributed by atoms with Gasteiger partial charge in [0.2, 0.25) is 0 Å². The van der Waals surface area contributed by atoms with Crippen molar-refractivity contribution in [1.82, 2.24) is 14.8 Å². The van der Waals surface area contributed by atoms with E-state index in [1.165, 1.54) is 12.1 Å². The molecule has 1 N–H and O–H groups in total. The van der Waals surface area contributed by atoms with Crippen LogP contribution in [-0.2, 0) is 9.30 Å². The maximum absolute atomic E-state index is 15.4. The van der Waals surface area contributed by atoms with Crippen LogP contribution in [0.2, 0.25) is 0 Å². The van der Waals surface area contributed by atoms with Gasteiger partial charge in [-0.2, -0.15) is 5.10 Å². The highest BCUT2D eigenvalue weighted by Crippen LogP contribution is 2.61. The molecule has 2 aromatic heterocycles. The minimum absolute atomic E-state index is 0.201. The molecule has 0 bridgehead atoms. The zero-order valence-corrected chi connectivity index (χ0v) is 27.2. The number of nitrogens with zero attached hydrogens (tertiary/aromatic N) is 3. The van der Waals surface area contributed by atoms with Crippen LogP contribution >= 0.6 is 18.9 Å². The predicted octanol–water partition coefficient (Wildman–Crippen LogP) is 9.08. The van der Waals surface area contributed by atoms with Gasteiger partial charge in [0, 0.05) is 17.3 Å². The normalized spacial score (nSPS) is 11.9. The molecule has 0 radical (unpaired) electrons. The molecule has 0 spiro atoms. The van der Waals surface area contributed by atoms with E-state index in [2.05, 4.69) is 10.3 Å². The van der Waals surface area contributed by atoms with Crippen LogP contribution in [0.3, 0.4) is 0 Å². The Hall–Kier alpha value is -5.25. The van der Waals surface area contributed by atoms with E-state index < -0.39 is 25.2 Å². The Morgan fingerprint density at radius 1 is 0.894 bits per heavy atom. The number of thiazole rings is 1. The minimum Gasteiger partial charge on any atom is -0.462 e. The smallest absolute Gasteiger partial charge is 0.457 e. The number of benzene rings is 4. The molecule has 0 aliphatic carbocycles. The SMILES string of the molecule is CCOC(=O)c1sc(NC(c2cn(-c3ccccc3)nc2-c2ccc(F)cc2)P(=O)(Oc2ccccc2)Oc2ccccc2)nc1C. The quantitative estimate of drug-likeness (QED) is 0.102. The number of carbonyl (C=O) groups excluding carboxylic acids is 1. The van der Waals surface area contributed by atoms with Crippen LogP contribution in [0.1, 0.15) is 33.6 Å². The highest BCUT2D eigenvalue weighted by molar-refractivity contribution is 7.55. The van der Waals surface area contributed by atoms with Crippen LogP contribution in [0.4, 0.5) is 9.52 Å². The number of rotatable bonds is 12. The molecule has 9 nitrogen and oxygen atoms in total. The predicted molar refractivity (Wildman–Crippen MR) is 180 cm³/mol. The van der Waals surface area contributed by atoms with E-state index in [0.717, 1.165) is 17.0 Å². The van der Waals surface area contributed by atoms with E-state index in [0.29, 0.717) is 38.9 Å². The number of halogens is 1. The monoisotopic (exact) mass is 668 g/mol. The maximum Gasteiger partial charge on any atom is 0.457 e. The summed E-state index contributed by atoms with van der Waals surface area (Å²) in [5.74, 6) is -1.55. The largest absolute Gasteiger partial charge is 0.462 e. The summed E-state index contributed by atoms with van der Waals surface area (Å²) in [6.07, 6.45) is 1.73. The van der Waals surface area contributed by atoms with Crippen LogP contribution in [-0.4, -0.2) is 27.3 Å². The number of carbonyl (C=O) groups is 1. The molecule has 0 fully saturated rings. The third-order valence-corrected chi connectivity index (χ3v) is 10.0. The fraction of sp³-hybridized carbons (Fsp3) is 0.114. The fourth-order valence-corrected chi connectivity index (χ4v) is 7.67. The van der Waals surface area contributed by atoms with Crippen LogP contribution in [0.25, 0.3) is 16.9 Å². The van der Waals surface area contributed by atoms with Gasteiger partial charge in [-0.3, -0.25) is 0 Å². The zero-order valence-electron chi connectivity index (χ0n) is 25.4. The average Bonchev–Trinajstić information content (AvgIpc) is 3.69. The molecule has 0 aliphatic rings. The number of aryl methyl sites for hydroxylation is 1. The van der Waals surface area contributed by atoms with Gasteiger partial charge in [0.25, 0.3) is 0 Å². The molecule has 0 saturated heterocycles. The van der Waals surface area contributed by atoms with E-state index in [-0.39, 0.29) is 11.7 Å². The van der Waals surface area contributed by atoms with E-state index in [9.17, 15) is 9.18 Å². The van der Waals surface area contributed by atoms with Crippen molar-refractivity contribution in [1.29, 1.82) is 0 Å². The van der Waals surface area contributed by atoms with E-state index >= 15 is 4.57 Å². The third kappa shape index (κ3) is 7.27. The van der Waals surface area contributed by atoms with Gasteiger partial charge in [-0.25, -0.2) is 23.4 Å². The molecule has 1 atom stereocenters. The summed E-state index contributed by atoms with van der Waals surface area (Å²) in [5, 5.41) is 8.44. The van der Waals surface area contributed by atoms with Crippen molar-refractivity contribution in [3.05, 3.63) is 143 Å². The van der Waals surface area contributed by atoms with Gasteiger partial charge in [-0.05, 0) is 74.5 Å². The standard InChI is InChI=1S/C35H30FN4O5PS/c1-3-43-34(41)32-24(2)37-35(47-32)38-33(46(42,44-28-15-9-5-10-16-28)45-29-17-11-6-12-18-29)30-23-40(27-13-7-4-8-14-27)39-31(30)25-19-21-26(36)22-20-25/h4-23,33H,3H2,1-2H3,(H,37,38). The van der Waals surface area contributed by atoms with Crippen molar-refractivity contribution in [2.75, 3.05) is 11.9 Å². The molecule has 4 aromatic carbocycles. The molecule has 0 saturated carbocycles. The lowest BCUT2D eigenvalue weighted by Gasteiger charge is -2.28. The lowest BCUT2D eigenvalue weighted by molar-refractivity contribution is 0.0531. The number of hydrogen-bond acceptors (Lipinski definition) is 9. The molecule has 47 heavy (non-hydrogen) atoms. The molecule has 0 amide bonds. The van der Waals surface area contributed by atoms with Crippen molar-refractivity contribution in [2.24, 2.45) is 0 Å². The first-order chi connectivity index (χ1) is 22.8. The molecule has 6 aromatic rings. The Labute approximate surface area is 275 Å². The lowest BCUT2D eigenvalue weighted by Crippen LogP contribution is -2.18. The summed E-state index contributed by atoms with van der Waals surface area (Å²) in [5.41, 5.74) is 2.56. The first-order valence-corrected chi connectivity index (χ1v) is 17.2. The van der Waals surface area contributed by atoms with E-state index in [1.54, 1.807) is 85.4 Å². The number of nitrogens with one attached hydrogen (secondary N) is 1. The van der Waals surface area contributed by atoms with Crippen molar-refractivity contribution < 1.29 is 27.5 Å². The summed E-state index contributed by atoms with van der Waals surface area (Å²) in [4.78, 5) is 17.6. The van der Waals surface area contributed by atoms with E-state index in [1.807, 2.05) is 42.5 Å². The number of anilines is 1. The maximum atomic E-state index is 15.4. The Morgan fingerprint density at radius 3 is 2.04 bits per heavy atom. The van der Waals surface area contributed by atoms with Crippen molar-refractivity contribution in [3.8, 4) is 28.4 Å². The Kier molecular flexibility index (Phi) is 9.47. The van der Waals surface area contributed by atoms with Crippen LogP contribution in [0.15, 0.2) is 121 Å². The fourth-order valence-electron chi connectivity index (χ4n) is 4.80. The Morgan fingerprint density at radius 2 is 1.47 bits per heavy atom. The van der Waals surface area contributed by atoms with Crippen molar-refractivity contribution >= 4 is 30.0 Å². The van der Waals surface area contributed by atoms with Gasteiger partial charge in [-0.1, -0.05) is 65.9 Å². The Bertz CT molecular complexity index is 1960. The van der Waals surface area contributed by atoms with Gasteiger partial charge in [0.1, 0.15) is 22.2 Å². The lowest BCUT2D eigenvalue weighted by atomic mass is 10.1.